The zero-order valence-electron chi connectivity index (χ0n) is 17.6. The van der Waals surface area contributed by atoms with Crippen molar-refractivity contribution in [2.75, 3.05) is 45.9 Å². The first kappa shape index (κ1) is 24.5. The molecule has 10 heteroatoms. The molecule has 9 nitrogen and oxygen atoms in total. The molecule has 0 bridgehead atoms. The first-order chi connectivity index (χ1) is 14.1. The third kappa shape index (κ3) is 7.82. The molecule has 1 aromatic heterocycles. The highest BCUT2D eigenvalue weighted by Crippen LogP contribution is 2.16. The summed E-state index contributed by atoms with van der Waals surface area (Å²) in [5, 5.41) is 24.0. The van der Waals surface area contributed by atoms with Gasteiger partial charge in [-0.25, -0.2) is 9.98 Å². The van der Waals surface area contributed by atoms with Crippen molar-refractivity contribution in [2.24, 2.45) is 4.99 Å². The number of halogens is 1. The van der Waals surface area contributed by atoms with Crippen LogP contribution in [0.1, 0.15) is 19.4 Å². The van der Waals surface area contributed by atoms with Gasteiger partial charge in [0.05, 0.1) is 25.4 Å². The maximum Gasteiger partial charge on any atom is 0.191 e. The number of morpholine rings is 1. The van der Waals surface area contributed by atoms with E-state index in [9.17, 15) is 5.11 Å². The average molecular weight is 529 g/mol. The molecule has 1 aromatic carbocycles. The van der Waals surface area contributed by atoms with Gasteiger partial charge >= 0.3 is 0 Å². The van der Waals surface area contributed by atoms with E-state index in [-0.39, 0.29) is 24.0 Å². The van der Waals surface area contributed by atoms with Crippen LogP contribution in [0.4, 0.5) is 0 Å². The fraction of sp³-hybridized carbons (Fsp3) is 0.550. The molecule has 1 unspecified atom stereocenters. The van der Waals surface area contributed by atoms with Crippen LogP contribution in [0, 0.1) is 0 Å². The van der Waals surface area contributed by atoms with E-state index in [1.54, 1.807) is 0 Å². The summed E-state index contributed by atoms with van der Waals surface area (Å²) < 4.78 is 5.37. The van der Waals surface area contributed by atoms with E-state index in [2.05, 4.69) is 35.7 Å². The first-order valence-electron chi connectivity index (χ1n) is 10.0. The Morgan fingerprint density at radius 2 is 2.13 bits per heavy atom. The number of nitrogens with zero attached hydrogens (tertiary/aromatic N) is 4. The second-order valence-corrected chi connectivity index (χ2v) is 7.47. The lowest BCUT2D eigenvalue weighted by molar-refractivity contribution is -0.0201. The highest BCUT2D eigenvalue weighted by molar-refractivity contribution is 14.0. The van der Waals surface area contributed by atoms with Crippen LogP contribution >= 0.6 is 24.0 Å². The van der Waals surface area contributed by atoms with E-state index in [1.165, 1.54) is 6.33 Å². The number of aromatic amines is 1. The van der Waals surface area contributed by atoms with Gasteiger partial charge < -0.3 is 20.5 Å². The van der Waals surface area contributed by atoms with Gasteiger partial charge in [-0.1, -0.05) is 18.2 Å². The van der Waals surface area contributed by atoms with Crippen LogP contribution in [0.2, 0.25) is 0 Å². The maximum atomic E-state index is 10.8. The molecule has 1 atom stereocenters. The van der Waals surface area contributed by atoms with Crippen molar-refractivity contribution in [1.82, 2.24) is 30.7 Å². The van der Waals surface area contributed by atoms with E-state index >= 15 is 0 Å². The Hall–Kier alpha value is -1.76. The minimum Gasteiger partial charge on any atom is -0.387 e. The summed E-state index contributed by atoms with van der Waals surface area (Å²) >= 11 is 0. The standard InChI is InChI=1S/C20H31N7O2.HI/c1-3-21-19(23-13-20(2,28)14-27-7-9-29-10-8-27)22-12-16-5-4-6-17(11-16)18-24-15-25-26-18;/h4-6,11,15,28H,3,7-10,12-14H2,1-2H3,(H2,21,22,23)(H,24,25,26);1H. The van der Waals surface area contributed by atoms with E-state index in [4.69, 9.17) is 4.74 Å². The van der Waals surface area contributed by atoms with Crippen molar-refractivity contribution in [2.45, 2.75) is 26.0 Å². The zero-order chi connectivity index (χ0) is 20.5. The molecule has 4 N–H and O–H groups in total. The minimum atomic E-state index is -0.861. The molecule has 0 spiro atoms. The molecule has 30 heavy (non-hydrogen) atoms. The number of nitrogens with one attached hydrogen (secondary N) is 3. The number of rotatable bonds is 8. The van der Waals surface area contributed by atoms with Gasteiger partial charge in [0.1, 0.15) is 6.33 Å². The third-order valence-corrected chi connectivity index (χ3v) is 4.68. The lowest BCUT2D eigenvalue weighted by Crippen LogP contribution is -2.52. The number of guanidine groups is 1. The van der Waals surface area contributed by atoms with Crippen molar-refractivity contribution in [1.29, 1.82) is 0 Å². The second kappa shape index (κ2) is 12.2. The maximum absolute atomic E-state index is 10.8. The Balaban J connectivity index is 0.00000320. The molecule has 0 radical (unpaired) electrons. The van der Waals surface area contributed by atoms with Gasteiger partial charge in [0, 0.05) is 38.3 Å². The SMILES string of the molecule is CCNC(=NCc1cccc(-c2ncn[nH]2)c1)NCC(C)(O)CN1CCOCC1.I. The fourth-order valence-corrected chi connectivity index (χ4v) is 3.24. The Morgan fingerprint density at radius 1 is 1.33 bits per heavy atom. The zero-order valence-corrected chi connectivity index (χ0v) is 19.9. The summed E-state index contributed by atoms with van der Waals surface area (Å²) in [5.74, 6) is 1.42. The van der Waals surface area contributed by atoms with E-state index < -0.39 is 5.60 Å². The quantitative estimate of drug-likeness (QED) is 0.231. The Labute approximate surface area is 194 Å². The predicted octanol–water partition coefficient (Wildman–Crippen LogP) is 1.23. The molecule has 0 saturated carbocycles. The molecule has 0 amide bonds. The molecule has 2 heterocycles. The molecule has 1 fully saturated rings. The van der Waals surface area contributed by atoms with E-state index in [1.807, 2.05) is 38.1 Å². The number of benzene rings is 1. The fourth-order valence-electron chi connectivity index (χ4n) is 3.24. The Morgan fingerprint density at radius 3 is 2.83 bits per heavy atom. The van der Waals surface area contributed by atoms with Crippen LogP contribution in [0.5, 0.6) is 0 Å². The molecule has 0 aliphatic carbocycles. The van der Waals surface area contributed by atoms with Crippen molar-refractivity contribution >= 4 is 29.9 Å². The third-order valence-electron chi connectivity index (χ3n) is 4.68. The molecule has 166 valence electrons. The van der Waals surface area contributed by atoms with Gasteiger partial charge in [-0.2, -0.15) is 5.10 Å². The van der Waals surface area contributed by atoms with Gasteiger partial charge in [-0.05, 0) is 25.5 Å². The lowest BCUT2D eigenvalue weighted by atomic mass is 10.1. The van der Waals surface area contributed by atoms with E-state index in [0.717, 1.165) is 49.8 Å². The van der Waals surface area contributed by atoms with E-state index in [0.29, 0.717) is 25.6 Å². The van der Waals surface area contributed by atoms with Crippen LogP contribution < -0.4 is 10.6 Å². The minimum absolute atomic E-state index is 0. The summed E-state index contributed by atoms with van der Waals surface area (Å²) in [6.07, 6.45) is 1.50. The van der Waals surface area contributed by atoms with Crippen molar-refractivity contribution in [3.05, 3.63) is 36.2 Å². The molecule has 2 aromatic rings. The average Bonchev–Trinajstić information content (AvgIpc) is 3.26. The Bertz CT molecular complexity index is 777. The van der Waals surface area contributed by atoms with Crippen molar-refractivity contribution < 1.29 is 9.84 Å². The smallest absolute Gasteiger partial charge is 0.191 e. The van der Waals surface area contributed by atoms with Crippen molar-refractivity contribution in [3.63, 3.8) is 0 Å². The number of ether oxygens (including phenoxy) is 1. The van der Waals surface area contributed by atoms with Gasteiger partial charge in [0.2, 0.25) is 0 Å². The number of H-pyrrole nitrogens is 1. The monoisotopic (exact) mass is 529 g/mol. The molecule has 1 aliphatic rings. The van der Waals surface area contributed by atoms with Crippen LogP contribution in [-0.2, 0) is 11.3 Å². The molecule has 1 aliphatic heterocycles. The normalized spacial score (nSPS) is 17.1. The van der Waals surface area contributed by atoms with Gasteiger partial charge in [0.15, 0.2) is 11.8 Å². The summed E-state index contributed by atoms with van der Waals surface area (Å²) in [4.78, 5) is 11.1. The molecular formula is C20H32IN7O2. The number of β-amino-alcohol motifs (C(OH)–C–C–N with tert-alkyl or cyclic N) is 1. The second-order valence-electron chi connectivity index (χ2n) is 7.47. The van der Waals surface area contributed by atoms with Crippen LogP contribution in [-0.4, -0.2) is 82.7 Å². The van der Waals surface area contributed by atoms with Crippen LogP contribution in [0.15, 0.2) is 35.6 Å². The molecule has 3 rings (SSSR count). The highest BCUT2D eigenvalue weighted by Gasteiger charge is 2.25. The van der Waals surface area contributed by atoms with Crippen LogP contribution in [0.3, 0.4) is 0 Å². The van der Waals surface area contributed by atoms with Crippen LogP contribution in [0.25, 0.3) is 11.4 Å². The number of aliphatic hydroxyl groups is 1. The molecular weight excluding hydrogens is 497 g/mol. The largest absolute Gasteiger partial charge is 0.387 e. The molecule has 1 saturated heterocycles. The summed E-state index contributed by atoms with van der Waals surface area (Å²) in [5.41, 5.74) is 1.18. The number of hydrogen-bond donors (Lipinski definition) is 4. The lowest BCUT2D eigenvalue weighted by Gasteiger charge is -2.34. The van der Waals surface area contributed by atoms with Gasteiger partial charge in [0.25, 0.3) is 0 Å². The number of aliphatic imine (C=N–C) groups is 1. The summed E-state index contributed by atoms with van der Waals surface area (Å²) in [6, 6.07) is 8.04. The predicted molar refractivity (Wildman–Crippen MR) is 128 cm³/mol. The Kier molecular flexibility index (Phi) is 9.95. The topological polar surface area (TPSA) is 111 Å². The van der Waals surface area contributed by atoms with Crippen molar-refractivity contribution in [3.8, 4) is 11.4 Å². The number of aromatic nitrogens is 3. The van der Waals surface area contributed by atoms with Gasteiger partial charge in [-0.15, -0.1) is 24.0 Å². The van der Waals surface area contributed by atoms with Gasteiger partial charge in [-0.3, -0.25) is 10.00 Å². The summed E-state index contributed by atoms with van der Waals surface area (Å²) in [6.45, 7) is 9.29. The summed E-state index contributed by atoms with van der Waals surface area (Å²) in [7, 11) is 0. The highest BCUT2D eigenvalue weighted by atomic mass is 127. The first-order valence-corrected chi connectivity index (χ1v) is 10.0. The number of hydrogen-bond acceptors (Lipinski definition) is 6.